The highest BCUT2D eigenvalue weighted by Crippen LogP contribution is 2.40. The lowest BCUT2D eigenvalue weighted by molar-refractivity contribution is 0.0271. The number of nitrogens with zero attached hydrogens (tertiary/aromatic N) is 5. The third kappa shape index (κ3) is 4.36. The molecule has 0 radical (unpaired) electrons. The van der Waals surface area contributed by atoms with Crippen LogP contribution in [0.1, 0.15) is 39.3 Å². The summed E-state index contributed by atoms with van der Waals surface area (Å²) in [5.74, 6) is 1.46. The molecule has 2 aromatic heterocycles. The number of ether oxygens (including phenoxy) is 2. The van der Waals surface area contributed by atoms with Crippen LogP contribution in [0, 0.1) is 18.8 Å². The molecule has 1 aliphatic heterocycles. The Bertz CT molecular complexity index is 873. The molecule has 1 saturated heterocycles. The molecule has 1 saturated carbocycles. The van der Waals surface area contributed by atoms with Gasteiger partial charge in [0.05, 0.1) is 11.4 Å². The van der Waals surface area contributed by atoms with E-state index in [9.17, 15) is 4.79 Å². The van der Waals surface area contributed by atoms with Gasteiger partial charge in [-0.3, -0.25) is 4.68 Å². The van der Waals surface area contributed by atoms with E-state index in [4.69, 9.17) is 9.47 Å². The van der Waals surface area contributed by atoms with Crippen LogP contribution in [0.25, 0.3) is 11.3 Å². The smallest absolute Gasteiger partial charge is 0.410 e. The molecule has 8 nitrogen and oxygen atoms in total. The minimum atomic E-state index is -0.459. The van der Waals surface area contributed by atoms with Gasteiger partial charge in [0, 0.05) is 38.0 Å². The predicted octanol–water partition coefficient (Wildman–Crippen LogP) is 3.21. The number of amides is 1. The molecule has 2 aliphatic rings. The fourth-order valence-corrected chi connectivity index (χ4v) is 4.36. The van der Waals surface area contributed by atoms with Crippen molar-refractivity contribution < 1.29 is 14.3 Å². The zero-order valence-corrected chi connectivity index (χ0v) is 17.8. The normalized spacial score (nSPS) is 23.9. The summed E-state index contributed by atoms with van der Waals surface area (Å²) in [4.78, 5) is 14.1. The topological polar surface area (TPSA) is 82.4 Å². The van der Waals surface area contributed by atoms with Crippen molar-refractivity contribution in [3.05, 3.63) is 24.0 Å². The van der Waals surface area contributed by atoms with E-state index in [0.29, 0.717) is 17.7 Å². The van der Waals surface area contributed by atoms with Crippen LogP contribution in [0.3, 0.4) is 0 Å². The largest absolute Gasteiger partial charge is 0.473 e. The van der Waals surface area contributed by atoms with Gasteiger partial charge in [-0.2, -0.15) is 5.10 Å². The Morgan fingerprint density at radius 1 is 1.14 bits per heavy atom. The highest BCUT2D eigenvalue weighted by Gasteiger charge is 2.44. The highest BCUT2D eigenvalue weighted by molar-refractivity contribution is 5.68. The maximum absolute atomic E-state index is 12.3. The molecule has 2 aromatic rings. The number of carbonyl (C=O) groups is 1. The van der Waals surface area contributed by atoms with Crippen LogP contribution in [0.2, 0.25) is 0 Å². The third-order valence-corrected chi connectivity index (χ3v) is 5.58. The molecule has 0 unspecified atom stereocenters. The van der Waals surface area contributed by atoms with Crippen LogP contribution >= 0.6 is 0 Å². The lowest BCUT2D eigenvalue weighted by atomic mass is 10.0. The summed E-state index contributed by atoms with van der Waals surface area (Å²) in [6.07, 6.45) is 3.70. The van der Waals surface area contributed by atoms with Crippen molar-refractivity contribution in [1.82, 2.24) is 24.9 Å². The molecule has 0 spiro atoms. The van der Waals surface area contributed by atoms with Crippen LogP contribution in [0.15, 0.2) is 18.3 Å². The van der Waals surface area contributed by atoms with Crippen molar-refractivity contribution in [2.45, 2.75) is 52.2 Å². The summed E-state index contributed by atoms with van der Waals surface area (Å²) in [6, 6.07) is 3.79. The molecule has 8 heteroatoms. The van der Waals surface area contributed by atoms with Crippen molar-refractivity contribution >= 4 is 6.09 Å². The van der Waals surface area contributed by atoms with Crippen molar-refractivity contribution in [1.29, 1.82) is 0 Å². The van der Waals surface area contributed by atoms with Gasteiger partial charge < -0.3 is 14.4 Å². The molecule has 4 rings (SSSR count). The van der Waals surface area contributed by atoms with Crippen molar-refractivity contribution in [2.24, 2.45) is 18.9 Å². The number of carbonyl (C=O) groups excluding carboxylic acids is 1. The molecule has 0 bridgehead atoms. The molecule has 1 amide bonds. The van der Waals surface area contributed by atoms with E-state index in [1.807, 2.05) is 58.0 Å². The van der Waals surface area contributed by atoms with Crippen molar-refractivity contribution in [3.8, 4) is 17.1 Å². The van der Waals surface area contributed by atoms with E-state index >= 15 is 0 Å². The summed E-state index contributed by atoms with van der Waals surface area (Å²) in [7, 11) is 1.89. The minimum Gasteiger partial charge on any atom is -0.473 e. The third-order valence-electron chi connectivity index (χ3n) is 5.58. The van der Waals surface area contributed by atoms with Crippen LogP contribution < -0.4 is 4.74 Å². The second-order valence-electron chi connectivity index (χ2n) is 9.18. The Balaban J connectivity index is 1.32. The summed E-state index contributed by atoms with van der Waals surface area (Å²) >= 11 is 0. The number of aromatic nitrogens is 4. The maximum Gasteiger partial charge on any atom is 0.410 e. The lowest BCUT2D eigenvalue weighted by Crippen LogP contribution is -2.36. The Labute approximate surface area is 171 Å². The lowest BCUT2D eigenvalue weighted by Gasteiger charge is -2.25. The Morgan fingerprint density at radius 3 is 2.34 bits per heavy atom. The van der Waals surface area contributed by atoms with Gasteiger partial charge in [0.15, 0.2) is 0 Å². The van der Waals surface area contributed by atoms with Crippen LogP contribution in [-0.4, -0.2) is 55.8 Å². The Kier molecular flexibility index (Phi) is 4.96. The van der Waals surface area contributed by atoms with Crippen molar-refractivity contribution in [3.63, 3.8) is 0 Å². The first-order valence-electron chi connectivity index (χ1n) is 10.2. The van der Waals surface area contributed by atoms with Gasteiger partial charge in [0.25, 0.3) is 0 Å². The zero-order valence-electron chi connectivity index (χ0n) is 17.8. The predicted molar refractivity (Wildman–Crippen MR) is 107 cm³/mol. The number of likely N-dealkylation sites (tertiary alicyclic amines) is 1. The summed E-state index contributed by atoms with van der Waals surface area (Å²) in [6.45, 7) is 9.13. The van der Waals surface area contributed by atoms with E-state index in [1.54, 1.807) is 4.68 Å². The van der Waals surface area contributed by atoms with E-state index in [0.717, 1.165) is 42.9 Å². The van der Waals surface area contributed by atoms with Gasteiger partial charge in [0.2, 0.25) is 5.88 Å². The van der Waals surface area contributed by atoms with Gasteiger partial charge in [-0.1, -0.05) is 0 Å². The molecule has 0 aromatic carbocycles. The fourth-order valence-electron chi connectivity index (χ4n) is 4.36. The Hall–Kier alpha value is -2.64. The van der Waals surface area contributed by atoms with Gasteiger partial charge in [0.1, 0.15) is 11.7 Å². The van der Waals surface area contributed by atoms with Crippen LogP contribution in [0.4, 0.5) is 4.79 Å². The Morgan fingerprint density at radius 2 is 1.83 bits per heavy atom. The number of hydrogen-bond acceptors (Lipinski definition) is 6. The first-order chi connectivity index (χ1) is 13.7. The van der Waals surface area contributed by atoms with Gasteiger partial charge >= 0.3 is 6.09 Å². The first-order valence-corrected chi connectivity index (χ1v) is 10.2. The van der Waals surface area contributed by atoms with Gasteiger partial charge in [-0.15, -0.1) is 10.2 Å². The van der Waals surface area contributed by atoms with Crippen LogP contribution in [0.5, 0.6) is 5.88 Å². The average molecular weight is 399 g/mol. The molecule has 3 atom stereocenters. The molecule has 1 aliphatic carbocycles. The maximum atomic E-state index is 12.3. The summed E-state index contributed by atoms with van der Waals surface area (Å²) < 4.78 is 13.4. The second-order valence-corrected chi connectivity index (χ2v) is 9.18. The van der Waals surface area contributed by atoms with Crippen molar-refractivity contribution in [2.75, 3.05) is 13.1 Å². The molecule has 29 heavy (non-hydrogen) atoms. The molecular formula is C21H29N5O3. The highest BCUT2D eigenvalue weighted by atomic mass is 16.6. The number of hydrogen-bond donors (Lipinski definition) is 0. The van der Waals surface area contributed by atoms with Gasteiger partial charge in [-0.25, -0.2) is 4.79 Å². The fraction of sp³-hybridized carbons (Fsp3) is 0.619. The monoisotopic (exact) mass is 399 g/mol. The zero-order chi connectivity index (χ0) is 20.8. The molecule has 156 valence electrons. The van der Waals surface area contributed by atoms with E-state index < -0.39 is 5.60 Å². The summed E-state index contributed by atoms with van der Waals surface area (Å²) in [5.41, 5.74) is 2.23. The van der Waals surface area contributed by atoms with E-state index in [2.05, 4.69) is 15.3 Å². The molecule has 0 N–H and O–H groups in total. The standard InChI is InChI=1S/C21H29N5O3/c1-13-17(12-25(5)24-13)18-6-7-19(23-22-18)28-16-8-14-10-26(11-15(14)9-16)20(27)29-21(2,3)4/h6-7,12,14-16H,8-11H2,1-5H3/t14-,15+,16-. The van der Waals surface area contributed by atoms with E-state index in [-0.39, 0.29) is 12.2 Å². The number of fused-ring (bicyclic) bond motifs is 1. The summed E-state index contributed by atoms with van der Waals surface area (Å²) in [5, 5.41) is 12.9. The van der Waals surface area contributed by atoms with E-state index in [1.165, 1.54) is 0 Å². The van der Waals surface area contributed by atoms with Gasteiger partial charge in [-0.05, 0) is 58.4 Å². The minimum absolute atomic E-state index is 0.117. The molecular weight excluding hydrogens is 370 g/mol. The van der Waals surface area contributed by atoms with Crippen LogP contribution in [-0.2, 0) is 11.8 Å². The second kappa shape index (κ2) is 7.31. The first kappa shape index (κ1) is 19.7. The quantitative estimate of drug-likeness (QED) is 0.788. The SMILES string of the molecule is Cc1nn(C)cc1-c1ccc(O[C@@H]2C[C@@H]3CN(C(=O)OC(C)(C)C)C[C@@H]3C2)nn1. The molecule has 2 fully saturated rings. The molecule has 3 heterocycles. The number of aryl methyl sites for hydroxylation is 2. The number of rotatable bonds is 3. The average Bonchev–Trinajstić information content (AvgIpc) is 3.27.